The number of hydrogen-bond acceptors (Lipinski definition) is 6. The SMILES string of the molecule is NC1CCC(CC2(N)NC(=NCc3ccccc3OC(F)F)NC=C2[N+](=O)[O-])CC1. The van der Waals surface area contributed by atoms with Crippen molar-refractivity contribution in [2.75, 3.05) is 0 Å². The Hall–Kier alpha value is -2.79. The Morgan fingerprint density at radius 2 is 2.00 bits per heavy atom. The molecule has 11 heteroatoms. The van der Waals surface area contributed by atoms with E-state index >= 15 is 0 Å². The zero-order valence-corrected chi connectivity index (χ0v) is 16.4. The Morgan fingerprint density at radius 1 is 1.30 bits per heavy atom. The van der Waals surface area contributed by atoms with E-state index in [2.05, 4.69) is 20.4 Å². The first-order valence-corrected chi connectivity index (χ1v) is 9.78. The average Bonchev–Trinajstić information content (AvgIpc) is 2.68. The number of nitrogens with two attached hydrogens (primary N) is 2. The van der Waals surface area contributed by atoms with Crippen LogP contribution in [0.3, 0.4) is 0 Å². The Bertz CT molecular complexity index is 826. The lowest BCUT2D eigenvalue weighted by atomic mass is 9.80. The molecule has 1 atom stereocenters. The van der Waals surface area contributed by atoms with Gasteiger partial charge in [-0.1, -0.05) is 18.2 Å². The van der Waals surface area contributed by atoms with E-state index in [0.29, 0.717) is 12.0 Å². The number of guanidine groups is 1. The molecule has 30 heavy (non-hydrogen) atoms. The molecule has 0 saturated heterocycles. The van der Waals surface area contributed by atoms with Gasteiger partial charge in [0.1, 0.15) is 5.75 Å². The van der Waals surface area contributed by atoms with Crippen LogP contribution in [0.2, 0.25) is 0 Å². The van der Waals surface area contributed by atoms with Crippen molar-refractivity contribution < 1.29 is 18.4 Å². The summed E-state index contributed by atoms with van der Waals surface area (Å²) in [5.74, 6) is 0.444. The van der Waals surface area contributed by atoms with Crippen molar-refractivity contribution in [3.05, 3.63) is 51.8 Å². The van der Waals surface area contributed by atoms with Crippen LogP contribution in [0.4, 0.5) is 8.78 Å². The van der Waals surface area contributed by atoms with E-state index in [0.717, 1.165) is 25.7 Å². The van der Waals surface area contributed by atoms with Crippen LogP contribution in [0.15, 0.2) is 41.2 Å². The lowest BCUT2D eigenvalue weighted by Gasteiger charge is -2.37. The molecule has 1 fully saturated rings. The van der Waals surface area contributed by atoms with Crippen molar-refractivity contribution >= 4 is 5.96 Å². The molecule has 1 aromatic rings. The maximum atomic E-state index is 12.6. The van der Waals surface area contributed by atoms with Gasteiger partial charge in [-0.3, -0.25) is 15.8 Å². The van der Waals surface area contributed by atoms with E-state index in [-0.39, 0.29) is 35.9 Å². The molecular weight excluding hydrogens is 398 g/mol. The molecule has 164 valence electrons. The maximum Gasteiger partial charge on any atom is 0.387 e. The van der Waals surface area contributed by atoms with E-state index in [1.165, 1.54) is 12.3 Å². The third kappa shape index (κ3) is 5.42. The topological polar surface area (TPSA) is 141 Å². The molecular formula is C19H26F2N6O3. The van der Waals surface area contributed by atoms with Gasteiger partial charge in [-0.25, -0.2) is 4.99 Å². The molecule has 0 bridgehead atoms. The summed E-state index contributed by atoms with van der Waals surface area (Å²) < 4.78 is 29.7. The summed E-state index contributed by atoms with van der Waals surface area (Å²) in [7, 11) is 0. The van der Waals surface area contributed by atoms with Gasteiger partial charge >= 0.3 is 12.3 Å². The molecule has 3 rings (SSSR count). The predicted octanol–water partition coefficient (Wildman–Crippen LogP) is 2.02. The number of aliphatic imine (C=N–C) groups is 1. The molecule has 6 N–H and O–H groups in total. The fraction of sp³-hybridized carbons (Fsp3) is 0.526. The molecule has 1 aliphatic heterocycles. The number of ether oxygens (including phenoxy) is 1. The van der Waals surface area contributed by atoms with Gasteiger partial charge in [-0.2, -0.15) is 8.78 Å². The lowest BCUT2D eigenvalue weighted by Crippen LogP contribution is -2.64. The van der Waals surface area contributed by atoms with Crippen molar-refractivity contribution in [1.82, 2.24) is 10.6 Å². The van der Waals surface area contributed by atoms with Gasteiger partial charge in [-0.05, 0) is 44.1 Å². The van der Waals surface area contributed by atoms with Gasteiger partial charge < -0.3 is 21.1 Å². The number of nitrogens with one attached hydrogen (secondary N) is 2. The molecule has 1 aromatic carbocycles. The number of benzene rings is 1. The summed E-state index contributed by atoms with van der Waals surface area (Å²) in [5.41, 5.74) is 11.2. The van der Waals surface area contributed by atoms with Crippen LogP contribution in [-0.2, 0) is 6.54 Å². The Labute approximate surface area is 172 Å². The van der Waals surface area contributed by atoms with Crippen LogP contribution in [-0.4, -0.2) is 29.2 Å². The number of nitrogens with zero attached hydrogens (tertiary/aromatic N) is 2. The molecule has 0 spiro atoms. The quantitative estimate of drug-likeness (QED) is 0.388. The van der Waals surface area contributed by atoms with Gasteiger partial charge in [0.05, 0.1) is 17.7 Å². The van der Waals surface area contributed by atoms with Gasteiger partial charge in [0.15, 0.2) is 11.6 Å². The van der Waals surface area contributed by atoms with Crippen LogP contribution in [0.5, 0.6) is 5.75 Å². The highest BCUT2D eigenvalue weighted by Gasteiger charge is 2.44. The third-order valence-corrected chi connectivity index (χ3v) is 5.44. The molecule has 0 radical (unpaired) electrons. The highest BCUT2D eigenvalue weighted by atomic mass is 19.3. The summed E-state index contributed by atoms with van der Waals surface area (Å²) in [4.78, 5) is 15.3. The minimum absolute atomic E-state index is 0.0201. The van der Waals surface area contributed by atoms with E-state index in [4.69, 9.17) is 11.5 Å². The number of halogens is 2. The van der Waals surface area contributed by atoms with E-state index < -0.39 is 17.2 Å². The molecule has 1 aliphatic carbocycles. The second kappa shape index (κ2) is 9.35. The first-order chi connectivity index (χ1) is 14.3. The van der Waals surface area contributed by atoms with E-state index in [1.54, 1.807) is 18.2 Å². The second-order valence-corrected chi connectivity index (χ2v) is 7.66. The second-order valence-electron chi connectivity index (χ2n) is 7.66. The smallest absolute Gasteiger partial charge is 0.387 e. The zero-order valence-electron chi connectivity index (χ0n) is 16.4. The van der Waals surface area contributed by atoms with Crippen LogP contribution in [0.25, 0.3) is 0 Å². The number of nitro groups is 1. The Kier molecular flexibility index (Phi) is 6.83. The molecule has 0 aromatic heterocycles. The number of hydrogen-bond donors (Lipinski definition) is 4. The van der Waals surface area contributed by atoms with Gasteiger partial charge in [-0.15, -0.1) is 0 Å². The van der Waals surface area contributed by atoms with Crippen LogP contribution in [0, 0.1) is 16.0 Å². The Balaban J connectivity index is 1.75. The predicted molar refractivity (Wildman–Crippen MR) is 107 cm³/mol. The highest BCUT2D eigenvalue weighted by molar-refractivity contribution is 5.83. The van der Waals surface area contributed by atoms with Crippen LogP contribution in [0.1, 0.15) is 37.7 Å². The molecule has 1 heterocycles. The third-order valence-electron chi connectivity index (χ3n) is 5.44. The normalized spacial score (nSPS) is 27.9. The molecule has 9 nitrogen and oxygen atoms in total. The summed E-state index contributed by atoms with van der Waals surface area (Å²) in [6.45, 7) is -2.93. The van der Waals surface area contributed by atoms with Gasteiger partial charge in [0.25, 0.3) is 0 Å². The van der Waals surface area contributed by atoms with Gasteiger partial charge in [0, 0.05) is 11.6 Å². The van der Waals surface area contributed by atoms with E-state index in [9.17, 15) is 18.9 Å². The van der Waals surface area contributed by atoms with Gasteiger partial charge in [0.2, 0.25) is 0 Å². The summed E-state index contributed by atoms with van der Waals surface area (Å²) in [6.07, 6.45) is 5.01. The van der Waals surface area contributed by atoms with Crippen molar-refractivity contribution in [3.63, 3.8) is 0 Å². The van der Waals surface area contributed by atoms with Crippen molar-refractivity contribution in [1.29, 1.82) is 0 Å². The lowest BCUT2D eigenvalue weighted by molar-refractivity contribution is -0.437. The largest absolute Gasteiger partial charge is 0.434 e. The maximum absolute atomic E-state index is 12.6. The number of para-hydroxylation sites is 1. The summed E-state index contributed by atoms with van der Waals surface area (Å²) in [5, 5.41) is 17.2. The number of alkyl halides is 2. The number of rotatable bonds is 7. The van der Waals surface area contributed by atoms with E-state index in [1.807, 2.05) is 0 Å². The molecule has 0 amide bonds. The van der Waals surface area contributed by atoms with Crippen molar-refractivity contribution in [2.45, 2.75) is 57.0 Å². The average molecular weight is 424 g/mol. The van der Waals surface area contributed by atoms with Crippen molar-refractivity contribution in [2.24, 2.45) is 22.4 Å². The fourth-order valence-corrected chi connectivity index (χ4v) is 3.89. The Morgan fingerprint density at radius 3 is 2.67 bits per heavy atom. The monoisotopic (exact) mass is 424 g/mol. The standard InChI is InChI=1S/C19H26F2N6O3/c20-17(21)30-15-4-2-1-3-13(15)10-24-18-25-11-16(27(28)29)19(23,26-18)9-12-5-7-14(22)8-6-12/h1-4,11-12,14,17H,5-10,22-23H2,(H2,24,25,26). The molecule has 2 aliphatic rings. The first kappa shape index (κ1) is 21.9. The van der Waals surface area contributed by atoms with Crippen LogP contribution >= 0.6 is 0 Å². The highest BCUT2D eigenvalue weighted by Crippen LogP contribution is 2.32. The zero-order chi connectivity index (χ0) is 21.7. The van der Waals surface area contributed by atoms with Crippen molar-refractivity contribution in [3.8, 4) is 5.75 Å². The first-order valence-electron chi connectivity index (χ1n) is 9.78. The molecule has 1 unspecified atom stereocenters. The summed E-state index contributed by atoms with van der Waals surface area (Å²) >= 11 is 0. The molecule has 1 saturated carbocycles. The summed E-state index contributed by atoms with van der Waals surface area (Å²) in [6, 6.07) is 6.47. The fourth-order valence-electron chi connectivity index (χ4n) is 3.89. The minimum Gasteiger partial charge on any atom is -0.434 e. The minimum atomic E-state index is -2.95. The van der Waals surface area contributed by atoms with Crippen LogP contribution < -0.4 is 26.8 Å².